The Labute approximate surface area is 405 Å². The number of hydrogen-bond acceptors (Lipinski definition) is 11. The summed E-state index contributed by atoms with van der Waals surface area (Å²) in [4.78, 5) is 50.7. The Balaban J connectivity index is 2.79. The average molecular weight is 945 g/mol. The predicted octanol–water partition coefficient (Wildman–Crippen LogP) is 12.4. The maximum atomic E-state index is 13.1. The van der Waals surface area contributed by atoms with E-state index in [4.69, 9.17) is 23.7 Å². The average Bonchev–Trinajstić information content (AvgIpc) is 3.31. The van der Waals surface area contributed by atoms with E-state index in [0.29, 0.717) is 19.3 Å². The Morgan fingerprint density at radius 2 is 0.970 bits per heavy atom. The summed E-state index contributed by atoms with van der Waals surface area (Å²) in [6, 6.07) is 0. The summed E-state index contributed by atoms with van der Waals surface area (Å²) < 4.78 is 28.2. The van der Waals surface area contributed by atoms with Crippen molar-refractivity contribution in [3.05, 3.63) is 60.8 Å². The second kappa shape index (κ2) is 43.7. The number of carboxylic acid groups (broad SMARTS) is 1. The van der Waals surface area contributed by atoms with Crippen molar-refractivity contribution in [1.82, 2.24) is 0 Å². The Morgan fingerprint density at radius 3 is 1.51 bits per heavy atom. The molecule has 1 saturated heterocycles. The third-order valence-electron chi connectivity index (χ3n) is 11.6. The highest BCUT2D eigenvalue weighted by molar-refractivity contribution is 5.74. The van der Waals surface area contributed by atoms with Crippen LogP contribution in [0.1, 0.15) is 213 Å². The van der Waals surface area contributed by atoms with Crippen molar-refractivity contribution in [2.75, 3.05) is 13.2 Å². The first kappa shape index (κ1) is 61.4. The lowest BCUT2D eigenvalue weighted by molar-refractivity contribution is -0.301. The van der Waals surface area contributed by atoms with Gasteiger partial charge in [0.25, 0.3) is 0 Å². The van der Waals surface area contributed by atoms with Gasteiger partial charge in [-0.3, -0.25) is 14.4 Å². The molecule has 0 amide bonds. The highest BCUT2D eigenvalue weighted by atomic mass is 16.7. The van der Waals surface area contributed by atoms with Gasteiger partial charge in [-0.1, -0.05) is 184 Å². The van der Waals surface area contributed by atoms with Gasteiger partial charge >= 0.3 is 23.9 Å². The van der Waals surface area contributed by atoms with Gasteiger partial charge in [0.2, 0.25) is 0 Å². The van der Waals surface area contributed by atoms with Crippen LogP contribution in [-0.2, 0) is 42.9 Å². The van der Waals surface area contributed by atoms with Gasteiger partial charge in [0.1, 0.15) is 18.8 Å². The minimum absolute atomic E-state index is 0.0543. The Bertz CT molecular complexity index is 1400. The first-order valence-electron chi connectivity index (χ1n) is 26.3. The molecule has 12 nitrogen and oxygen atoms in total. The van der Waals surface area contributed by atoms with Gasteiger partial charge in [-0.25, -0.2) is 4.79 Å². The first-order valence-corrected chi connectivity index (χ1v) is 26.3. The molecule has 0 saturated carbocycles. The maximum Gasteiger partial charge on any atom is 0.335 e. The normalized spacial score (nSPS) is 19.3. The SMILES string of the molecule is CC/C=C\C/C=C\C/C=C\C/C=C\CCC(=O)OCC(COC1OC(C(=O)O)C(O)C(O)C1OC(=O)CCCCCCCCCCCCC)OC(=O)CCCCCCC/C=C\CCCCCC. The Hall–Kier alpha value is -3.58. The highest BCUT2D eigenvalue weighted by Gasteiger charge is 2.50. The molecule has 0 aliphatic carbocycles. The van der Waals surface area contributed by atoms with E-state index in [2.05, 4.69) is 69.4 Å². The van der Waals surface area contributed by atoms with Gasteiger partial charge < -0.3 is 39.0 Å². The molecule has 384 valence electrons. The van der Waals surface area contributed by atoms with Crippen LogP contribution in [0.15, 0.2) is 60.8 Å². The zero-order valence-electron chi connectivity index (χ0n) is 41.9. The van der Waals surface area contributed by atoms with Crippen LogP contribution in [0.4, 0.5) is 0 Å². The van der Waals surface area contributed by atoms with Gasteiger partial charge in [0.15, 0.2) is 24.6 Å². The van der Waals surface area contributed by atoms with E-state index in [-0.39, 0.29) is 25.9 Å². The molecule has 6 atom stereocenters. The quantitative estimate of drug-likeness (QED) is 0.0229. The molecule has 0 aromatic rings. The summed E-state index contributed by atoms with van der Waals surface area (Å²) in [5, 5.41) is 31.3. The third kappa shape index (κ3) is 34.4. The summed E-state index contributed by atoms with van der Waals surface area (Å²) >= 11 is 0. The van der Waals surface area contributed by atoms with Crippen molar-refractivity contribution in [3.8, 4) is 0 Å². The summed E-state index contributed by atoms with van der Waals surface area (Å²) in [5.41, 5.74) is 0. The standard InChI is InChI=1S/C55H92O12/c1-4-7-10-13-16-19-22-24-27-29-32-35-38-41-47(56)63-44-46(65-48(57)42-39-36-33-31-28-25-23-20-17-14-11-8-5-2)45-64-55-53(51(60)50(59)52(67-55)54(61)62)66-49(58)43-40-37-34-30-26-21-18-15-12-9-6-3/h7,10,16,19-20,23-24,27,32,35,46,50-53,55,59-60H,4-6,8-9,11-15,17-18,21-22,25-26,28-31,33-34,36-45H2,1-3H3,(H,61,62)/b10-7-,19-16-,23-20-,27-24-,35-32-. The molecule has 3 N–H and O–H groups in total. The minimum atomic E-state index is -1.91. The lowest BCUT2D eigenvalue weighted by Gasteiger charge is -2.40. The number of hydrogen-bond donors (Lipinski definition) is 3. The second-order valence-corrected chi connectivity index (χ2v) is 17.8. The van der Waals surface area contributed by atoms with Gasteiger partial charge in [0, 0.05) is 19.3 Å². The maximum absolute atomic E-state index is 13.1. The Morgan fingerprint density at radius 1 is 0.507 bits per heavy atom. The summed E-state index contributed by atoms with van der Waals surface area (Å²) in [6.07, 6.45) is 39.4. The number of aliphatic carboxylic acids is 1. The first-order chi connectivity index (χ1) is 32.6. The van der Waals surface area contributed by atoms with E-state index in [9.17, 15) is 34.5 Å². The largest absolute Gasteiger partial charge is 0.479 e. The van der Waals surface area contributed by atoms with E-state index in [1.807, 2.05) is 12.2 Å². The predicted molar refractivity (Wildman–Crippen MR) is 266 cm³/mol. The number of unbranched alkanes of at least 4 members (excludes halogenated alkanes) is 19. The monoisotopic (exact) mass is 945 g/mol. The number of carboxylic acids is 1. The Kier molecular flexibility index (Phi) is 40.1. The smallest absolute Gasteiger partial charge is 0.335 e. The van der Waals surface area contributed by atoms with E-state index in [0.717, 1.165) is 89.9 Å². The van der Waals surface area contributed by atoms with Crippen molar-refractivity contribution in [3.63, 3.8) is 0 Å². The molecule has 1 rings (SSSR count). The molecule has 0 bridgehead atoms. The van der Waals surface area contributed by atoms with Gasteiger partial charge in [-0.2, -0.15) is 0 Å². The number of esters is 3. The van der Waals surface area contributed by atoms with Crippen molar-refractivity contribution < 1.29 is 58.2 Å². The van der Waals surface area contributed by atoms with Crippen LogP contribution >= 0.6 is 0 Å². The van der Waals surface area contributed by atoms with Gasteiger partial charge in [-0.15, -0.1) is 0 Å². The fourth-order valence-electron chi connectivity index (χ4n) is 7.55. The van der Waals surface area contributed by atoms with Crippen LogP contribution in [0.25, 0.3) is 0 Å². The third-order valence-corrected chi connectivity index (χ3v) is 11.6. The molecule has 1 fully saturated rings. The molecule has 1 aliphatic heterocycles. The van der Waals surface area contributed by atoms with Crippen LogP contribution in [0.3, 0.4) is 0 Å². The fourth-order valence-corrected chi connectivity index (χ4v) is 7.55. The van der Waals surface area contributed by atoms with Crippen LogP contribution in [0, 0.1) is 0 Å². The van der Waals surface area contributed by atoms with Crippen LogP contribution in [-0.4, -0.2) is 89.2 Å². The summed E-state index contributed by atoms with van der Waals surface area (Å²) in [7, 11) is 0. The summed E-state index contributed by atoms with van der Waals surface area (Å²) in [6.45, 7) is 5.75. The molecule has 1 heterocycles. The van der Waals surface area contributed by atoms with E-state index in [1.54, 1.807) is 0 Å². The number of aliphatic hydroxyl groups is 2. The van der Waals surface area contributed by atoms with Gasteiger partial charge in [-0.05, 0) is 70.6 Å². The number of ether oxygens (including phenoxy) is 5. The molecular formula is C55H92O12. The number of allylic oxidation sites excluding steroid dienone is 10. The molecule has 0 aromatic heterocycles. The number of aliphatic hydroxyl groups excluding tert-OH is 2. The molecule has 67 heavy (non-hydrogen) atoms. The van der Waals surface area contributed by atoms with Crippen LogP contribution in [0.2, 0.25) is 0 Å². The van der Waals surface area contributed by atoms with E-state index < -0.39 is 67.3 Å². The lowest BCUT2D eigenvalue weighted by Crippen LogP contribution is -2.61. The molecule has 1 aliphatic rings. The van der Waals surface area contributed by atoms with Gasteiger partial charge in [0.05, 0.1) is 6.61 Å². The van der Waals surface area contributed by atoms with Crippen molar-refractivity contribution in [1.29, 1.82) is 0 Å². The van der Waals surface area contributed by atoms with Crippen molar-refractivity contribution >= 4 is 23.9 Å². The lowest BCUT2D eigenvalue weighted by atomic mass is 9.98. The summed E-state index contributed by atoms with van der Waals surface area (Å²) in [5.74, 6) is -3.24. The number of rotatable bonds is 43. The van der Waals surface area contributed by atoms with E-state index >= 15 is 0 Å². The molecule has 12 heteroatoms. The number of carbonyl (C=O) groups excluding carboxylic acids is 3. The topological polar surface area (TPSA) is 175 Å². The molecule has 6 unspecified atom stereocenters. The van der Waals surface area contributed by atoms with Crippen LogP contribution in [0.5, 0.6) is 0 Å². The van der Waals surface area contributed by atoms with Crippen LogP contribution < -0.4 is 0 Å². The molecule has 0 radical (unpaired) electrons. The van der Waals surface area contributed by atoms with Crippen molar-refractivity contribution in [2.45, 2.75) is 250 Å². The van der Waals surface area contributed by atoms with E-state index in [1.165, 1.54) is 64.2 Å². The van der Waals surface area contributed by atoms with Crippen molar-refractivity contribution in [2.24, 2.45) is 0 Å². The zero-order valence-corrected chi connectivity index (χ0v) is 41.9. The number of carbonyl (C=O) groups is 4. The molecule has 0 aromatic carbocycles. The zero-order chi connectivity index (χ0) is 49.0. The molecule has 0 spiro atoms. The highest BCUT2D eigenvalue weighted by Crippen LogP contribution is 2.26. The second-order valence-electron chi connectivity index (χ2n) is 17.8. The molecular weight excluding hydrogens is 853 g/mol. The fraction of sp³-hybridized carbons (Fsp3) is 0.745. The minimum Gasteiger partial charge on any atom is -0.479 e.